The van der Waals surface area contributed by atoms with Crippen LogP contribution in [-0.2, 0) is 9.59 Å². The van der Waals surface area contributed by atoms with Gasteiger partial charge in [-0.25, -0.2) is 0 Å². The topological polar surface area (TPSA) is 69.6 Å². The van der Waals surface area contributed by atoms with Gasteiger partial charge in [-0.3, -0.25) is 4.79 Å². The van der Waals surface area contributed by atoms with Crippen molar-refractivity contribution in [3.8, 4) is 0 Å². The molecule has 1 saturated heterocycles. The third-order valence-corrected chi connectivity index (χ3v) is 2.33. The Labute approximate surface area is 76.7 Å². The Morgan fingerprint density at radius 3 is 2.92 bits per heavy atom. The van der Waals surface area contributed by atoms with E-state index in [-0.39, 0.29) is 11.8 Å². The SMILES string of the molecule is CN(O)C(C=O)CC1CCNC1=O. The van der Waals surface area contributed by atoms with E-state index in [9.17, 15) is 9.59 Å². The Morgan fingerprint density at radius 2 is 2.54 bits per heavy atom. The number of likely N-dealkylation sites (N-methyl/N-ethyl adjacent to an activating group) is 1. The summed E-state index contributed by atoms with van der Waals surface area (Å²) in [4.78, 5) is 21.6. The van der Waals surface area contributed by atoms with Crippen LogP contribution in [0.4, 0.5) is 0 Å². The van der Waals surface area contributed by atoms with E-state index in [1.807, 2.05) is 0 Å². The molecule has 1 aliphatic heterocycles. The van der Waals surface area contributed by atoms with E-state index < -0.39 is 6.04 Å². The van der Waals surface area contributed by atoms with Gasteiger partial charge in [0, 0.05) is 19.5 Å². The molecule has 1 heterocycles. The molecule has 1 rings (SSSR count). The van der Waals surface area contributed by atoms with Gasteiger partial charge in [0.15, 0.2) is 0 Å². The third-order valence-electron chi connectivity index (χ3n) is 2.33. The van der Waals surface area contributed by atoms with Crippen molar-refractivity contribution in [3.05, 3.63) is 0 Å². The number of carbonyl (C=O) groups is 2. The lowest BCUT2D eigenvalue weighted by molar-refractivity contribution is -0.137. The van der Waals surface area contributed by atoms with Crippen LogP contribution in [0.1, 0.15) is 12.8 Å². The van der Waals surface area contributed by atoms with E-state index in [1.54, 1.807) is 0 Å². The summed E-state index contributed by atoms with van der Waals surface area (Å²) in [6.07, 6.45) is 1.80. The second kappa shape index (κ2) is 4.34. The van der Waals surface area contributed by atoms with Gasteiger partial charge in [-0.1, -0.05) is 0 Å². The number of amides is 1. The third kappa shape index (κ3) is 2.50. The number of hydroxylamine groups is 2. The van der Waals surface area contributed by atoms with Gasteiger partial charge in [0.05, 0.1) is 6.04 Å². The van der Waals surface area contributed by atoms with Crippen LogP contribution in [0.15, 0.2) is 0 Å². The average Bonchev–Trinajstić information content (AvgIpc) is 2.46. The standard InChI is InChI=1S/C8H14N2O3/c1-10(13)7(5-11)4-6-2-3-9-8(6)12/h5-7,13H,2-4H2,1H3,(H,9,12). The van der Waals surface area contributed by atoms with Crippen molar-refractivity contribution in [1.29, 1.82) is 0 Å². The first-order valence-electron chi connectivity index (χ1n) is 4.30. The molecular formula is C8H14N2O3. The fourth-order valence-electron chi connectivity index (χ4n) is 1.46. The Bertz CT molecular complexity index is 206. The molecule has 0 bridgehead atoms. The van der Waals surface area contributed by atoms with Crippen molar-refractivity contribution < 1.29 is 14.8 Å². The zero-order valence-corrected chi connectivity index (χ0v) is 7.56. The second-order valence-corrected chi connectivity index (χ2v) is 3.29. The summed E-state index contributed by atoms with van der Waals surface area (Å²) in [5.41, 5.74) is 0. The fraction of sp³-hybridized carbons (Fsp3) is 0.750. The molecule has 0 aliphatic carbocycles. The van der Waals surface area contributed by atoms with Gasteiger partial charge in [0.2, 0.25) is 5.91 Å². The number of nitrogens with one attached hydrogen (secondary N) is 1. The lowest BCUT2D eigenvalue weighted by Gasteiger charge is -2.18. The molecule has 5 heteroatoms. The average molecular weight is 186 g/mol. The van der Waals surface area contributed by atoms with Crippen molar-refractivity contribution in [2.45, 2.75) is 18.9 Å². The lowest BCUT2D eigenvalue weighted by Crippen LogP contribution is -2.33. The van der Waals surface area contributed by atoms with Crippen LogP contribution in [0.2, 0.25) is 0 Å². The Morgan fingerprint density at radius 1 is 1.85 bits per heavy atom. The Hall–Kier alpha value is -0.940. The maximum Gasteiger partial charge on any atom is 0.223 e. The van der Waals surface area contributed by atoms with E-state index in [2.05, 4.69) is 5.32 Å². The molecule has 0 aromatic rings. The van der Waals surface area contributed by atoms with E-state index in [0.717, 1.165) is 11.5 Å². The summed E-state index contributed by atoms with van der Waals surface area (Å²) in [5.74, 6) is -0.154. The van der Waals surface area contributed by atoms with Crippen molar-refractivity contribution in [1.82, 2.24) is 10.4 Å². The number of nitrogens with zero attached hydrogens (tertiary/aromatic N) is 1. The van der Waals surface area contributed by atoms with E-state index in [1.165, 1.54) is 7.05 Å². The molecule has 1 fully saturated rings. The highest BCUT2D eigenvalue weighted by Crippen LogP contribution is 2.16. The van der Waals surface area contributed by atoms with Gasteiger partial charge < -0.3 is 15.3 Å². The minimum absolute atomic E-state index is 0.0197. The zero-order valence-electron chi connectivity index (χ0n) is 7.56. The lowest BCUT2D eigenvalue weighted by atomic mass is 9.99. The molecule has 0 radical (unpaired) electrons. The van der Waals surface area contributed by atoms with Gasteiger partial charge in [0.25, 0.3) is 0 Å². The van der Waals surface area contributed by atoms with Crippen LogP contribution >= 0.6 is 0 Å². The predicted octanol–water partition coefficient (Wildman–Crippen LogP) is -0.599. The summed E-state index contributed by atoms with van der Waals surface area (Å²) in [6, 6.07) is -0.575. The van der Waals surface area contributed by atoms with E-state index in [4.69, 9.17) is 5.21 Å². The summed E-state index contributed by atoms with van der Waals surface area (Å²) < 4.78 is 0. The monoisotopic (exact) mass is 186 g/mol. The van der Waals surface area contributed by atoms with Crippen molar-refractivity contribution in [2.75, 3.05) is 13.6 Å². The predicted molar refractivity (Wildman–Crippen MR) is 45.1 cm³/mol. The first-order valence-corrected chi connectivity index (χ1v) is 4.30. The molecule has 1 amide bonds. The molecule has 2 N–H and O–H groups in total. The Kier molecular flexibility index (Phi) is 3.39. The maximum atomic E-state index is 11.1. The Balaban J connectivity index is 2.45. The van der Waals surface area contributed by atoms with E-state index >= 15 is 0 Å². The molecule has 1 aliphatic rings. The van der Waals surface area contributed by atoms with Crippen LogP contribution in [-0.4, -0.2) is 42.1 Å². The smallest absolute Gasteiger partial charge is 0.223 e. The number of aldehydes is 1. The highest BCUT2D eigenvalue weighted by molar-refractivity contribution is 5.81. The first-order chi connectivity index (χ1) is 6.15. The van der Waals surface area contributed by atoms with Crippen LogP contribution < -0.4 is 5.32 Å². The van der Waals surface area contributed by atoms with Gasteiger partial charge in [0.1, 0.15) is 6.29 Å². The highest BCUT2D eigenvalue weighted by atomic mass is 16.5. The summed E-state index contributed by atoms with van der Waals surface area (Å²) in [6.45, 7) is 0.671. The normalized spacial score (nSPS) is 24.5. The van der Waals surface area contributed by atoms with Crippen LogP contribution in [0, 0.1) is 5.92 Å². The summed E-state index contributed by atoms with van der Waals surface area (Å²) in [7, 11) is 1.41. The molecule has 74 valence electrons. The number of rotatable bonds is 4. The fourth-order valence-corrected chi connectivity index (χ4v) is 1.46. The number of hydrogen-bond acceptors (Lipinski definition) is 4. The summed E-state index contributed by atoms with van der Waals surface area (Å²) in [5, 5.41) is 12.6. The van der Waals surface area contributed by atoms with Crippen LogP contribution in [0.25, 0.3) is 0 Å². The number of hydrogen-bond donors (Lipinski definition) is 2. The molecule has 2 atom stereocenters. The molecule has 0 aromatic heterocycles. The quantitative estimate of drug-likeness (QED) is 0.454. The van der Waals surface area contributed by atoms with Crippen molar-refractivity contribution in [2.24, 2.45) is 5.92 Å². The minimum Gasteiger partial charge on any atom is -0.356 e. The first kappa shape index (κ1) is 10.1. The van der Waals surface area contributed by atoms with Gasteiger partial charge in [-0.05, 0) is 12.8 Å². The molecule has 13 heavy (non-hydrogen) atoms. The van der Waals surface area contributed by atoms with Crippen molar-refractivity contribution in [3.63, 3.8) is 0 Å². The van der Waals surface area contributed by atoms with Gasteiger partial charge >= 0.3 is 0 Å². The van der Waals surface area contributed by atoms with E-state index in [0.29, 0.717) is 19.3 Å². The van der Waals surface area contributed by atoms with Gasteiger partial charge in [-0.15, -0.1) is 0 Å². The molecule has 0 saturated carbocycles. The van der Waals surface area contributed by atoms with Gasteiger partial charge in [-0.2, -0.15) is 5.06 Å². The van der Waals surface area contributed by atoms with Crippen LogP contribution in [0.5, 0.6) is 0 Å². The summed E-state index contributed by atoms with van der Waals surface area (Å²) >= 11 is 0. The minimum atomic E-state index is -0.575. The second-order valence-electron chi connectivity index (χ2n) is 3.29. The molecular weight excluding hydrogens is 172 g/mol. The van der Waals surface area contributed by atoms with Crippen LogP contribution in [0.3, 0.4) is 0 Å². The van der Waals surface area contributed by atoms with Crippen molar-refractivity contribution >= 4 is 12.2 Å². The molecule has 0 aromatic carbocycles. The maximum absolute atomic E-state index is 11.1. The number of carbonyl (C=O) groups excluding carboxylic acids is 2. The molecule has 0 spiro atoms. The molecule has 2 unspecified atom stereocenters. The zero-order chi connectivity index (χ0) is 9.84. The molecule has 5 nitrogen and oxygen atoms in total. The highest BCUT2D eigenvalue weighted by Gasteiger charge is 2.28. The largest absolute Gasteiger partial charge is 0.356 e.